The van der Waals surface area contributed by atoms with Gasteiger partial charge in [-0.2, -0.15) is 0 Å². The average Bonchev–Trinajstić information content (AvgIpc) is 2.34. The molecule has 2 atom stereocenters. The lowest BCUT2D eigenvalue weighted by Gasteiger charge is -2.11. The molecule has 0 fully saturated rings. The minimum absolute atomic E-state index is 0.00518. The van der Waals surface area contributed by atoms with Crippen LogP contribution in [-0.4, -0.2) is 31.1 Å². The minimum Gasteiger partial charge on any atom is -0.323 e. The fraction of sp³-hybridized carbons (Fsp3) is 1.00. The lowest BCUT2D eigenvalue weighted by Crippen LogP contribution is -2.04. The van der Waals surface area contributed by atoms with Crippen molar-refractivity contribution in [1.82, 2.24) is 0 Å². The summed E-state index contributed by atoms with van der Waals surface area (Å²) < 4.78 is 21.6. The van der Waals surface area contributed by atoms with Gasteiger partial charge in [0.05, 0.1) is 0 Å². The van der Waals surface area contributed by atoms with E-state index in [1.807, 2.05) is 0 Å². The molecule has 0 rings (SSSR count). The van der Waals surface area contributed by atoms with Crippen molar-refractivity contribution in [3.05, 3.63) is 9.81 Å². The van der Waals surface area contributed by atoms with Gasteiger partial charge in [-0.25, -0.2) is 0 Å². The maximum Gasteiger partial charge on any atom is 0.353 e. The van der Waals surface area contributed by atoms with E-state index < -0.39 is 26.8 Å². The van der Waals surface area contributed by atoms with E-state index in [2.05, 4.69) is 10.4 Å². The summed E-state index contributed by atoms with van der Waals surface area (Å²) in [7, 11) is -8.97. The van der Waals surface area contributed by atoms with Crippen LogP contribution < -0.4 is 0 Å². The van der Waals surface area contributed by atoms with E-state index in [0.717, 1.165) is 0 Å². The smallest absolute Gasteiger partial charge is 0.323 e. The summed E-state index contributed by atoms with van der Waals surface area (Å²) in [5.41, 5.74) is 0. The minimum atomic E-state index is -4.49. The van der Waals surface area contributed by atoms with Crippen LogP contribution in [0.3, 0.4) is 0 Å². The van der Waals surface area contributed by atoms with Gasteiger partial charge in [-0.05, 0) is 12.8 Å². The van der Waals surface area contributed by atoms with E-state index >= 15 is 0 Å². The molecule has 21 heavy (non-hydrogen) atoms. The average molecular weight is 346 g/mol. The molecule has 0 saturated carbocycles. The first-order valence-corrected chi connectivity index (χ1v) is 9.74. The molecule has 0 aliphatic rings. The first kappa shape index (κ1) is 20.5. The monoisotopic (exact) mass is 346 g/mol. The zero-order chi connectivity index (χ0) is 16.5. The summed E-state index contributed by atoms with van der Waals surface area (Å²) in [6.45, 7) is 0. The zero-order valence-corrected chi connectivity index (χ0v) is 13.1. The Morgan fingerprint density at radius 3 is 1.19 bits per heavy atom. The largest absolute Gasteiger partial charge is 0.353 e. The molecule has 0 aromatic rings. The van der Waals surface area contributed by atoms with Crippen molar-refractivity contribution in [3.63, 3.8) is 0 Å². The molecular weight excluding hydrogens is 326 g/mol. The van der Waals surface area contributed by atoms with E-state index in [9.17, 15) is 18.9 Å². The van der Waals surface area contributed by atoms with Gasteiger partial charge in [0.25, 0.3) is 0 Å². The Hall–Kier alpha value is -0.500. The van der Waals surface area contributed by atoms with Crippen molar-refractivity contribution < 1.29 is 28.7 Å². The zero-order valence-electron chi connectivity index (χ0n) is 11.3. The van der Waals surface area contributed by atoms with Gasteiger partial charge in [-0.15, -0.1) is 9.81 Å². The Morgan fingerprint density at radius 2 is 0.952 bits per heavy atom. The van der Waals surface area contributed by atoms with E-state index in [-0.39, 0.29) is 12.8 Å². The standard InChI is InChI=1S/C9H20N2O8P2/c12-10-8(20(14,15)16)6-4-2-1-3-5-7-9(11-13)21(17,18)19/h8-9H,1-7H2,(H2,14,15,16)(H2,17,18,19). The molecular formula is C9H20N2O8P2. The van der Waals surface area contributed by atoms with Crippen molar-refractivity contribution in [2.75, 3.05) is 0 Å². The summed E-state index contributed by atoms with van der Waals surface area (Å²) in [6, 6.07) is 0. The molecule has 4 N–H and O–H groups in total. The predicted octanol–water partition coefficient (Wildman–Crippen LogP) is 2.26. The van der Waals surface area contributed by atoms with E-state index in [1.54, 1.807) is 0 Å². The Bertz CT molecular complexity index is 382. The molecule has 124 valence electrons. The van der Waals surface area contributed by atoms with Crippen LogP contribution in [0.15, 0.2) is 10.4 Å². The highest BCUT2D eigenvalue weighted by molar-refractivity contribution is 7.52. The number of rotatable bonds is 12. The molecule has 0 saturated heterocycles. The summed E-state index contributed by atoms with van der Waals surface area (Å²) in [6.07, 6.45) is 2.66. The SMILES string of the molecule is O=NC(CCCCCCCC(N=O)P(=O)(O)O)P(=O)(O)O. The molecule has 0 bridgehead atoms. The van der Waals surface area contributed by atoms with E-state index in [0.29, 0.717) is 32.1 Å². The number of nitroso groups, excluding NO2 is 2. The van der Waals surface area contributed by atoms with Crippen LogP contribution in [0.4, 0.5) is 0 Å². The van der Waals surface area contributed by atoms with Crippen molar-refractivity contribution >= 4 is 15.2 Å². The Kier molecular flexibility index (Phi) is 9.28. The fourth-order valence-electron chi connectivity index (χ4n) is 1.75. The lowest BCUT2D eigenvalue weighted by atomic mass is 10.1. The van der Waals surface area contributed by atoms with Gasteiger partial charge < -0.3 is 19.6 Å². The maximum atomic E-state index is 10.8. The molecule has 12 heteroatoms. The van der Waals surface area contributed by atoms with Crippen LogP contribution in [0.2, 0.25) is 0 Å². The van der Waals surface area contributed by atoms with Crippen LogP contribution in [0.5, 0.6) is 0 Å². The first-order valence-electron chi connectivity index (χ1n) is 6.38. The van der Waals surface area contributed by atoms with Gasteiger partial charge >= 0.3 is 15.2 Å². The molecule has 0 aliphatic carbocycles. The predicted molar refractivity (Wildman–Crippen MR) is 75.6 cm³/mol. The Labute approximate surface area is 121 Å². The highest BCUT2D eigenvalue weighted by Gasteiger charge is 2.30. The van der Waals surface area contributed by atoms with Crippen molar-refractivity contribution in [2.45, 2.75) is 56.5 Å². The van der Waals surface area contributed by atoms with Crippen LogP contribution >= 0.6 is 15.2 Å². The van der Waals surface area contributed by atoms with E-state index in [1.165, 1.54) is 0 Å². The molecule has 0 aliphatic heterocycles. The number of nitrogens with zero attached hydrogens (tertiary/aromatic N) is 2. The van der Waals surface area contributed by atoms with Gasteiger partial charge in [-0.3, -0.25) is 9.13 Å². The maximum absolute atomic E-state index is 10.8. The molecule has 0 heterocycles. The second-order valence-corrected chi connectivity index (χ2v) is 8.24. The van der Waals surface area contributed by atoms with Gasteiger partial charge in [0, 0.05) is 0 Å². The molecule has 0 spiro atoms. The second kappa shape index (κ2) is 9.50. The van der Waals surface area contributed by atoms with E-state index in [4.69, 9.17) is 19.6 Å². The van der Waals surface area contributed by atoms with Crippen molar-refractivity contribution in [3.8, 4) is 0 Å². The van der Waals surface area contributed by atoms with Crippen LogP contribution in [-0.2, 0) is 9.13 Å². The number of unbranched alkanes of at least 4 members (excludes halogenated alkanes) is 4. The molecule has 0 radical (unpaired) electrons. The molecule has 0 amide bonds. The summed E-state index contributed by atoms with van der Waals surface area (Å²) >= 11 is 0. The fourth-order valence-corrected chi connectivity index (χ4v) is 3.03. The van der Waals surface area contributed by atoms with Crippen molar-refractivity contribution in [1.29, 1.82) is 0 Å². The summed E-state index contributed by atoms with van der Waals surface area (Å²) in [5, 5.41) is 4.82. The summed E-state index contributed by atoms with van der Waals surface area (Å²) in [4.78, 5) is 55.7. The second-order valence-electron chi connectivity index (χ2n) is 4.70. The van der Waals surface area contributed by atoms with Crippen molar-refractivity contribution in [2.24, 2.45) is 10.4 Å². The first-order chi connectivity index (χ1) is 9.62. The van der Waals surface area contributed by atoms with Gasteiger partial charge in [0.15, 0.2) is 11.6 Å². The third-order valence-corrected chi connectivity index (χ3v) is 5.20. The molecule has 10 nitrogen and oxygen atoms in total. The van der Waals surface area contributed by atoms with Crippen LogP contribution in [0.1, 0.15) is 44.9 Å². The molecule has 2 unspecified atom stereocenters. The van der Waals surface area contributed by atoms with Crippen LogP contribution in [0.25, 0.3) is 0 Å². The number of hydrogen-bond acceptors (Lipinski definition) is 6. The highest BCUT2D eigenvalue weighted by Crippen LogP contribution is 2.45. The highest BCUT2D eigenvalue weighted by atomic mass is 31.2. The van der Waals surface area contributed by atoms with Crippen LogP contribution in [0, 0.1) is 9.81 Å². The molecule has 0 aromatic heterocycles. The Morgan fingerprint density at radius 1 is 0.667 bits per heavy atom. The normalized spacial score (nSPS) is 15.4. The summed E-state index contributed by atoms with van der Waals surface area (Å²) in [5.74, 6) is -3.04. The number of hydrogen-bond donors (Lipinski definition) is 4. The third-order valence-electron chi connectivity index (χ3n) is 2.94. The van der Waals surface area contributed by atoms with Gasteiger partial charge in [0.2, 0.25) is 0 Å². The molecule has 0 aromatic carbocycles. The third kappa shape index (κ3) is 9.18. The lowest BCUT2D eigenvalue weighted by molar-refractivity contribution is 0.353. The Balaban J connectivity index is 3.79. The quantitative estimate of drug-likeness (QED) is 0.236. The topological polar surface area (TPSA) is 174 Å². The van der Waals surface area contributed by atoms with Gasteiger partial charge in [-0.1, -0.05) is 42.5 Å². The van der Waals surface area contributed by atoms with Gasteiger partial charge in [0.1, 0.15) is 0 Å².